The maximum Gasteiger partial charge on any atom is 0.248 e. The normalized spacial score (nSPS) is 24.3. The molecule has 1 atom stereocenters. The number of carbonyl (C=O) groups is 2. The Morgan fingerprint density at radius 1 is 1.20 bits per heavy atom. The van der Waals surface area contributed by atoms with Gasteiger partial charge in [-0.25, -0.2) is 0 Å². The maximum atomic E-state index is 12.8. The number of hydrogen-bond donors (Lipinski definition) is 3. The fourth-order valence-electron chi connectivity index (χ4n) is 4.44. The first-order valence-corrected chi connectivity index (χ1v) is 9.29. The molecule has 6 nitrogen and oxygen atoms in total. The molecule has 2 saturated heterocycles. The number of amides is 2. The number of hydrogen-bond acceptors (Lipinski definition) is 4. The Balaban J connectivity index is 1.54. The van der Waals surface area contributed by atoms with Gasteiger partial charge in [0.25, 0.3) is 0 Å². The topological polar surface area (TPSA) is 87.5 Å². The number of nitrogens with one attached hydrogen (secondary N) is 2. The first-order valence-electron chi connectivity index (χ1n) is 9.29. The predicted octanol–water partition coefficient (Wildman–Crippen LogP) is 1.71. The highest BCUT2D eigenvalue weighted by Gasteiger charge is 2.57. The second-order valence-electron chi connectivity index (χ2n) is 7.65. The highest BCUT2D eigenvalue weighted by atomic mass is 16.2. The van der Waals surface area contributed by atoms with Crippen molar-refractivity contribution in [3.63, 3.8) is 0 Å². The summed E-state index contributed by atoms with van der Waals surface area (Å²) in [5, 5.41) is 6.47. The van der Waals surface area contributed by atoms with Crippen molar-refractivity contribution in [2.45, 2.75) is 32.1 Å². The van der Waals surface area contributed by atoms with Crippen LogP contribution >= 0.6 is 0 Å². The molecule has 2 amide bonds. The van der Waals surface area contributed by atoms with E-state index < -0.39 is 5.91 Å². The summed E-state index contributed by atoms with van der Waals surface area (Å²) in [5.74, 6) is -0.285. The summed E-state index contributed by atoms with van der Waals surface area (Å²) >= 11 is 0. The number of anilines is 2. The first kappa shape index (κ1) is 16.4. The molecule has 1 saturated carbocycles. The van der Waals surface area contributed by atoms with Gasteiger partial charge in [-0.2, -0.15) is 0 Å². The zero-order valence-corrected chi connectivity index (χ0v) is 14.5. The van der Waals surface area contributed by atoms with Crippen LogP contribution in [0.1, 0.15) is 42.5 Å². The molecule has 134 valence electrons. The SMILES string of the molecule is NC(=O)c1ccc(N2CCCC2)c(NC(=O)C2CC23CCNCC3)c1. The average molecular weight is 342 g/mol. The van der Waals surface area contributed by atoms with Crippen LogP contribution in [0.2, 0.25) is 0 Å². The second-order valence-corrected chi connectivity index (χ2v) is 7.65. The molecular weight excluding hydrogens is 316 g/mol. The molecular formula is C19H26N4O2. The summed E-state index contributed by atoms with van der Waals surface area (Å²) in [5.41, 5.74) is 7.78. The fraction of sp³-hybridized carbons (Fsp3) is 0.579. The van der Waals surface area contributed by atoms with E-state index in [0.717, 1.165) is 69.7 Å². The van der Waals surface area contributed by atoms with Gasteiger partial charge >= 0.3 is 0 Å². The van der Waals surface area contributed by atoms with Gasteiger partial charge in [-0.15, -0.1) is 0 Å². The van der Waals surface area contributed by atoms with Crippen molar-refractivity contribution < 1.29 is 9.59 Å². The van der Waals surface area contributed by atoms with Crippen LogP contribution in [0.5, 0.6) is 0 Å². The van der Waals surface area contributed by atoms with Gasteiger partial charge in [0.15, 0.2) is 0 Å². The maximum absolute atomic E-state index is 12.8. The van der Waals surface area contributed by atoms with E-state index in [1.807, 2.05) is 6.07 Å². The van der Waals surface area contributed by atoms with Crippen LogP contribution in [0.3, 0.4) is 0 Å². The van der Waals surface area contributed by atoms with Gasteiger partial charge in [-0.1, -0.05) is 0 Å². The largest absolute Gasteiger partial charge is 0.370 e. The standard InChI is InChI=1S/C19H26N4O2/c20-17(24)13-3-4-16(23-9-1-2-10-23)15(11-13)22-18(25)14-12-19(14)5-7-21-8-6-19/h3-4,11,14,21H,1-2,5-10,12H2,(H2,20,24)(H,22,25). The molecule has 4 rings (SSSR count). The summed E-state index contributed by atoms with van der Waals surface area (Å²) in [7, 11) is 0. The zero-order valence-electron chi connectivity index (χ0n) is 14.5. The minimum atomic E-state index is -0.468. The van der Waals surface area contributed by atoms with Gasteiger partial charge in [0.1, 0.15) is 0 Å². The van der Waals surface area contributed by atoms with E-state index in [9.17, 15) is 9.59 Å². The third-order valence-electron chi connectivity index (χ3n) is 6.09. The van der Waals surface area contributed by atoms with E-state index in [4.69, 9.17) is 5.73 Å². The second kappa shape index (κ2) is 6.33. The molecule has 4 N–H and O–H groups in total. The fourth-order valence-corrected chi connectivity index (χ4v) is 4.44. The number of nitrogens with zero attached hydrogens (tertiary/aromatic N) is 1. The molecule has 6 heteroatoms. The Labute approximate surface area is 148 Å². The summed E-state index contributed by atoms with van der Waals surface area (Å²) in [6.07, 6.45) is 5.44. The summed E-state index contributed by atoms with van der Waals surface area (Å²) in [4.78, 5) is 26.7. The molecule has 1 aliphatic carbocycles. The molecule has 1 aromatic carbocycles. The quantitative estimate of drug-likeness (QED) is 0.777. The van der Waals surface area contributed by atoms with Crippen molar-refractivity contribution in [3.8, 4) is 0 Å². The highest BCUT2D eigenvalue weighted by molar-refractivity contribution is 6.01. The lowest BCUT2D eigenvalue weighted by Crippen LogP contribution is -2.32. The molecule has 3 aliphatic rings. The number of nitrogens with two attached hydrogens (primary N) is 1. The Hall–Kier alpha value is -2.08. The molecule has 2 aliphatic heterocycles. The van der Waals surface area contributed by atoms with Crippen molar-refractivity contribution in [3.05, 3.63) is 23.8 Å². The number of rotatable bonds is 4. The van der Waals surface area contributed by atoms with Crippen LogP contribution in [0.25, 0.3) is 0 Å². The van der Waals surface area contributed by atoms with Crippen LogP contribution in [0, 0.1) is 11.3 Å². The Bertz CT molecular complexity index is 691. The number of primary amides is 1. The zero-order chi connectivity index (χ0) is 17.4. The third kappa shape index (κ3) is 3.11. The van der Waals surface area contributed by atoms with Gasteiger partial charge in [0.05, 0.1) is 11.4 Å². The van der Waals surface area contributed by atoms with Crippen LogP contribution < -0.4 is 21.3 Å². The summed E-state index contributed by atoms with van der Waals surface area (Å²) in [6, 6.07) is 5.39. The van der Waals surface area contributed by atoms with E-state index in [2.05, 4.69) is 15.5 Å². The smallest absolute Gasteiger partial charge is 0.248 e. The van der Waals surface area contributed by atoms with Gasteiger partial charge in [-0.3, -0.25) is 9.59 Å². The molecule has 1 spiro atoms. The number of carbonyl (C=O) groups excluding carboxylic acids is 2. The molecule has 0 bridgehead atoms. The molecule has 2 heterocycles. The number of piperidine rings is 1. The predicted molar refractivity (Wildman–Crippen MR) is 97.7 cm³/mol. The van der Waals surface area contributed by atoms with Gasteiger partial charge in [0, 0.05) is 24.6 Å². The van der Waals surface area contributed by atoms with Gasteiger partial charge < -0.3 is 21.3 Å². The molecule has 1 aromatic rings. The van der Waals surface area contributed by atoms with Crippen molar-refractivity contribution in [1.82, 2.24) is 5.32 Å². The van der Waals surface area contributed by atoms with E-state index in [-0.39, 0.29) is 17.2 Å². The molecule has 0 radical (unpaired) electrons. The Morgan fingerprint density at radius 3 is 2.60 bits per heavy atom. The minimum Gasteiger partial charge on any atom is -0.370 e. The molecule has 25 heavy (non-hydrogen) atoms. The first-order chi connectivity index (χ1) is 12.1. The van der Waals surface area contributed by atoms with Crippen LogP contribution in [0.15, 0.2) is 18.2 Å². The molecule has 1 unspecified atom stereocenters. The summed E-state index contributed by atoms with van der Waals surface area (Å²) < 4.78 is 0. The van der Waals surface area contributed by atoms with E-state index >= 15 is 0 Å². The van der Waals surface area contributed by atoms with E-state index in [1.54, 1.807) is 12.1 Å². The number of benzene rings is 1. The van der Waals surface area contributed by atoms with Crippen LogP contribution in [-0.2, 0) is 4.79 Å². The average Bonchev–Trinajstić information content (AvgIpc) is 3.05. The molecule has 3 fully saturated rings. The minimum absolute atomic E-state index is 0.0870. The lowest BCUT2D eigenvalue weighted by atomic mass is 9.91. The van der Waals surface area contributed by atoms with Crippen LogP contribution in [0.4, 0.5) is 11.4 Å². The summed E-state index contributed by atoms with van der Waals surface area (Å²) in [6.45, 7) is 3.97. The lowest BCUT2D eigenvalue weighted by molar-refractivity contribution is -0.118. The van der Waals surface area contributed by atoms with Crippen molar-refractivity contribution in [2.75, 3.05) is 36.4 Å². The van der Waals surface area contributed by atoms with Crippen LogP contribution in [-0.4, -0.2) is 38.0 Å². The van der Waals surface area contributed by atoms with Crippen molar-refractivity contribution in [2.24, 2.45) is 17.1 Å². The van der Waals surface area contributed by atoms with Crippen molar-refractivity contribution >= 4 is 23.2 Å². The third-order valence-corrected chi connectivity index (χ3v) is 6.09. The highest BCUT2D eigenvalue weighted by Crippen LogP contribution is 2.58. The Morgan fingerprint density at radius 2 is 1.92 bits per heavy atom. The lowest BCUT2D eigenvalue weighted by Gasteiger charge is -2.24. The van der Waals surface area contributed by atoms with Crippen molar-refractivity contribution in [1.29, 1.82) is 0 Å². The van der Waals surface area contributed by atoms with Gasteiger partial charge in [0.2, 0.25) is 11.8 Å². The van der Waals surface area contributed by atoms with E-state index in [0.29, 0.717) is 5.56 Å². The van der Waals surface area contributed by atoms with E-state index in [1.165, 1.54) is 0 Å². The van der Waals surface area contributed by atoms with Gasteiger partial charge in [-0.05, 0) is 68.8 Å². The molecule has 0 aromatic heterocycles. The monoisotopic (exact) mass is 342 g/mol. The Kier molecular flexibility index (Phi) is 4.15.